The van der Waals surface area contributed by atoms with Crippen LogP contribution < -0.4 is 16.0 Å². The van der Waals surface area contributed by atoms with E-state index in [0.717, 1.165) is 31.7 Å². The predicted molar refractivity (Wildman–Crippen MR) is 71.7 cm³/mol. The van der Waals surface area contributed by atoms with Crippen LogP contribution in [-0.2, 0) is 0 Å². The molecule has 1 unspecified atom stereocenters. The van der Waals surface area contributed by atoms with Gasteiger partial charge in [-0.1, -0.05) is 6.07 Å². The van der Waals surface area contributed by atoms with Crippen LogP contribution in [0.5, 0.6) is 0 Å². The van der Waals surface area contributed by atoms with E-state index < -0.39 is 5.91 Å². The lowest BCUT2D eigenvalue weighted by molar-refractivity contribution is 0.0995. The summed E-state index contributed by atoms with van der Waals surface area (Å²) in [4.78, 5) is 17.6. The summed E-state index contributed by atoms with van der Waals surface area (Å²) in [6.07, 6.45) is 3.41. The second-order valence-electron chi connectivity index (χ2n) is 4.69. The van der Waals surface area contributed by atoms with Gasteiger partial charge in [0.25, 0.3) is 5.91 Å². The van der Waals surface area contributed by atoms with Crippen molar-refractivity contribution in [3.8, 4) is 0 Å². The number of rotatable bonds is 3. The van der Waals surface area contributed by atoms with Gasteiger partial charge in [-0.15, -0.1) is 0 Å². The summed E-state index contributed by atoms with van der Waals surface area (Å²) in [6.45, 7) is 2.11. The Kier molecular flexibility index (Phi) is 4.15. The zero-order valence-corrected chi connectivity index (χ0v) is 10.7. The van der Waals surface area contributed by atoms with Gasteiger partial charge < -0.3 is 16.0 Å². The lowest BCUT2D eigenvalue weighted by Crippen LogP contribution is -2.33. The molecule has 1 aliphatic rings. The summed E-state index contributed by atoms with van der Waals surface area (Å²) in [5.74, 6) is 0.339. The highest BCUT2D eigenvalue weighted by Crippen LogP contribution is 2.18. The lowest BCUT2D eigenvalue weighted by Gasteiger charge is -2.28. The molecule has 98 valence electrons. The molecule has 1 fully saturated rings. The number of hydrogen-bond donors (Lipinski definition) is 2. The maximum Gasteiger partial charge on any atom is 0.267 e. The Hall–Kier alpha value is -1.62. The first-order valence-electron chi connectivity index (χ1n) is 6.39. The second-order valence-corrected chi connectivity index (χ2v) is 4.69. The Morgan fingerprint density at radius 3 is 3.06 bits per heavy atom. The van der Waals surface area contributed by atoms with Gasteiger partial charge in [0, 0.05) is 13.1 Å². The Balaban J connectivity index is 2.13. The SMILES string of the molecule is CN(c1cccc(C(N)=O)n1)C1CCCNCC1. The lowest BCUT2D eigenvalue weighted by atomic mass is 10.1. The van der Waals surface area contributed by atoms with Gasteiger partial charge in [-0.05, 0) is 44.5 Å². The van der Waals surface area contributed by atoms with Crippen molar-refractivity contribution < 1.29 is 4.79 Å². The van der Waals surface area contributed by atoms with E-state index in [4.69, 9.17) is 5.73 Å². The summed E-state index contributed by atoms with van der Waals surface area (Å²) in [5.41, 5.74) is 5.58. The van der Waals surface area contributed by atoms with Crippen molar-refractivity contribution in [2.75, 3.05) is 25.0 Å². The van der Waals surface area contributed by atoms with E-state index in [1.165, 1.54) is 6.42 Å². The minimum absolute atomic E-state index is 0.325. The van der Waals surface area contributed by atoms with E-state index in [0.29, 0.717) is 11.7 Å². The predicted octanol–water partition coefficient (Wildman–Crippen LogP) is 0.759. The second kappa shape index (κ2) is 5.82. The average Bonchev–Trinajstić information content (AvgIpc) is 2.67. The molecule has 1 atom stereocenters. The van der Waals surface area contributed by atoms with E-state index in [9.17, 15) is 4.79 Å². The average molecular weight is 248 g/mol. The van der Waals surface area contributed by atoms with Crippen LogP contribution in [0.25, 0.3) is 0 Å². The standard InChI is InChI=1S/C13H20N4O/c1-17(10-4-3-8-15-9-7-10)12-6-2-5-11(16-12)13(14)18/h2,5-6,10,15H,3-4,7-9H2,1H3,(H2,14,18). The maximum atomic E-state index is 11.1. The van der Waals surface area contributed by atoms with Gasteiger partial charge in [-0.2, -0.15) is 0 Å². The van der Waals surface area contributed by atoms with Gasteiger partial charge in [-0.3, -0.25) is 4.79 Å². The molecule has 1 aromatic heterocycles. The summed E-state index contributed by atoms with van der Waals surface area (Å²) in [5, 5.41) is 3.39. The molecule has 0 radical (unpaired) electrons. The van der Waals surface area contributed by atoms with Crippen molar-refractivity contribution in [3.05, 3.63) is 23.9 Å². The normalized spacial score (nSPS) is 20.2. The van der Waals surface area contributed by atoms with E-state index >= 15 is 0 Å². The molecule has 1 aliphatic heterocycles. The third-order valence-electron chi connectivity index (χ3n) is 3.44. The maximum absolute atomic E-state index is 11.1. The van der Waals surface area contributed by atoms with Crippen LogP contribution in [0, 0.1) is 0 Å². The zero-order valence-electron chi connectivity index (χ0n) is 10.7. The van der Waals surface area contributed by atoms with Gasteiger partial charge >= 0.3 is 0 Å². The topological polar surface area (TPSA) is 71.2 Å². The van der Waals surface area contributed by atoms with E-state index in [1.807, 2.05) is 19.2 Å². The number of amides is 1. The minimum atomic E-state index is -0.479. The van der Waals surface area contributed by atoms with Crippen LogP contribution in [0.4, 0.5) is 5.82 Å². The number of nitrogens with two attached hydrogens (primary N) is 1. The van der Waals surface area contributed by atoms with Crippen molar-refractivity contribution in [2.45, 2.75) is 25.3 Å². The van der Waals surface area contributed by atoms with Crippen LogP contribution in [-0.4, -0.2) is 37.1 Å². The molecule has 0 aromatic carbocycles. The molecular formula is C13H20N4O. The smallest absolute Gasteiger partial charge is 0.267 e. The summed E-state index contributed by atoms with van der Waals surface area (Å²) in [6, 6.07) is 5.86. The number of anilines is 1. The first-order chi connectivity index (χ1) is 8.68. The first kappa shape index (κ1) is 12.8. The molecule has 2 rings (SSSR count). The highest BCUT2D eigenvalue weighted by Gasteiger charge is 2.18. The van der Waals surface area contributed by atoms with Crippen LogP contribution in [0.15, 0.2) is 18.2 Å². The molecule has 3 N–H and O–H groups in total. The third-order valence-corrected chi connectivity index (χ3v) is 3.44. The third kappa shape index (κ3) is 2.98. The number of hydrogen-bond acceptors (Lipinski definition) is 4. The van der Waals surface area contributed by atoms with Crippen LogP contribution in [0.3, 0.4) is 0 Å². The van der Waals surface area contributed by atoms with Crippen LogP contribution in [0.2, 0.25) is 0 Å². The van der Waals surface area contributed by atoms with Crippen molar-refractivity contribution >= 4 is 11.7 Å². The number of primary amides is 1. The Morgan fingerprint density at radius 2 is 2.28 bits per heavy atom. The summed E-state index contributed by atoms with van der Waals surface area (Å²) >= 11 is 0. The Bertz CT molecular complexity index is 413. The fourth-order valence-electron chi connectivity index (χ4n) is 2.33. The Labute approximate surface area is 107 Å². The van der Waals surface area contributed by atoms with Crippen molar-refractivity contribution in [2.24, 2.45) is 5.73 Å². The van der Waals surface area contributed by atoms with Crippen molar-refractivity contribution in [1.82, 2.24) is 10.3 Å². The molecule has 0 bridgehead atoms. The molecule has 18 heavy (non-hydrogen) atoms. The van der Waals surface area contributed by atoms with Gasteiger partial charge in [0.1, 0.15) is 11.5 Å². The molecule has 2 heterocycles. The van der Waals surface area contributed by atoms with E-state index in [-0.39, 0.29) is 0 Å². The van der Waals surface area contributed by atoms with Crippen molar-refractivity contribution in [3.63, 3.8) is 0 Å². The number of carbonyl (C=O) groups is 1. The van der Waals surface area contributed by atoms with Gasteiger partial charge in [0.15, 0.2) is 0 Å². The molecule has 1 amide bonds. The van der Waals surface area contributed by atoms with Gasteiger partial charge in [0.2, 0.25) is 0 Å². The number of nitrogens with zero attached hydrogens (tertiary/aromatic N) is 2. The van der Waals surface area contributed by atoms with Gasteiger partial charge in [0.05, 0.1) is 0 Å². The zero-order chi connectivity index (χ0) is 13.0. The number of nitrogens with one attached hydrogen (secondary N) is 1. The Morgan fingerprint density at radius 1 is 1.44 bits per heavy atom. The number of carbonyl (C=O) groups excluding carboxylic acids is 1. The van der Waals surface area contributed by atoms with Crippen LogP contribution >= 0.6 is 0 Å². The fraction of sp³-hybridized carbons (Fsp3) is 0.538. The first-order valence-corrected chi connectivity index (χ1v) is 6.39. The van der Waals surface area contributed by atoms with E-state index in [2.05, 4.69) is 15.2 Å². The minimum Gasteiger partial charge on any atom is -0.364 e. The molecule has 1 saturated heterocycles. The molecule has 5 heteroatoms. The summed E-state index contributed by atoms with van der Waals surface area (Å²) in [7, 11) is 2.03. The summed E-state index contributed by atoms with van der Waals surface area (Å²) < 4.78 is 0. The highest BCUT2D eigenvalue weighted by molar-refractivity contribution is 5.91. The van der Waals surface area contributed by atoms with E-state index in [1.54, 1.807) is 6.07 Å². The van der Waals surface area contributed by atoms with Crippen molar-refractivity contribution in [1.29, 1.82) is 0 Å². The monoisotopic (exact) mass is 248 g/mol. The largest absolute Gasteiger partial charge is 0.364 e. The van der Waals surface area contributed by atoms with Crippen LogP contribution in [0.1, 0.15) is 29.8 Å². The molecular weight excluding hydrogens is 228 g/mol. The number of aromatic nitrogens is 1. The van der Waals surface area contributed by atoms with Gasteiger partial charge in [-0.25, -0.2) is 4.98 Å². The molecule has 0 spiro atoms. The molecule has 1 aromatic rings. The highest BCUT2D eigenvalue weighted by atomic mass is 16.1. The quantitative estimate of drug-likeness (QED) is 0.828. The fourth-order valence-corrected chi connectivity index (χ4v) is 2.33. The number of pyridine rings is 1. The molecule has 0 saturated carbocycles. The molecule has 0 aliphatic carbocycles. The molecule has 5 nitrogen and oxygen atoms in total.